The van der Waals surface area contributed by atoms with Gasteiger partial charge in [0.15, 0.2) is 0 Å². The van der Waals surface area contributed by atoms with Gasteiger partial charge in [-0.05, 0) is 19.3 Å². The Morgan fingerprint density at radius 2 is 2.08 bits per heavy atom. The molecule has 3 unspecified atom stereocenters. The SMILES string of the molecule is N#CC1CCOC1C1CCCO1. The molecule has 0 N–H and O–H groups in total. The molecule has 2 fully saturated rings. The molecule has 66 valence electrons. The van der Waals surface area contributed by atoms with Crippen LogP contribution in [-0.2, 0) is 9.47 Å². The van der Waals surface area contributed by atoms with Crippen molar-refractivity contribution in [1.29, 1.82) is 5.26 Å². The molecular weight excluding hydrogens is 154 g/mol. The van der Waals surface area contributed by atoms with E-state index >= 15 is 0 Å². The molecule has 0 radical (unpaired) electrons. The van der Waals surface area contributed by atoms with E-state index in [0.717, 1.165) is 32.5 Å². The van der Waals surface area contributed by atoms with Crippen molar-refractivity contribution in [2.45, 2.75) is 31.5 Å². The molecule has 2 saturated heterocycles. The number of nitriles is 1. The molecule has 2 heterocycles. The highest BCUT2D eigenvalue weighted by molar-refractivity contribution is 4.96. The molecule has 12 heavy (non-hydrogen) atoms. The summed E-state index contributed by atoms with van der Waals surface area (Å²) in [5.74, 6) is 0.0631. The lowest BCUT2D eigenvalue weighted by Gasteiger charge is -2.19. The maximum atomic E-state index is 8.81. The van der Waals surface area contributed by atoms with Gasteiger partial charge < -0.3 is 9.47 Å². The zero-order valence-electron chi connectivity index (χ0n) is 7.03. The second-order valence-corrected chi connectivity index (χ2v) is 3.41. The summed E-state index contributed by atoms with van der Waals surface area (Å²) >= 11 is 0. The Balaban J connectivity index is 1.97. The van der Waals surface area contributed by atoms with Crippen molar-refractivity contribution in [3.63, 3.8) is 0 Å². The van der Waals surface area contributed by atoms with Crippen LogP contribution in [0.2, 0.25) is 0 Å². The largest absolute Gasteiger partial charge is 0.375 e. The normalized spacial score (nSPS) is 41.4. The fourth-order valence-electron chi connectivity index (χ4n) is 1.98. The second kappa shape index (κ2) is 3.42. The molecule has 0 spiro atoms. The van der Waals surface area contributed by atoms with Gasteiger partial charge in [0.05, 0.1) is 24.2 Å². The molecular formula is C9H13NO2. The summed E-state index contributed by atoms with van der Waals surface area (Å²) in [6, 6.07) is 2.29. The first-order valence-electron chi connectivity index (χ1n) is 4.54. The topological polar surface area (TPSA) is 42.2 Å². The van der Waals surface area contributed by atoms with E-state index in [4.69, 9.17) is 14.7 Å². The molecule has 2 aliphatic rings. The molecule has 3 heteroatoms. The van der Waals surface area contributed by atoms with Crippen molar-refractivity contribution >= 4 is 0 Å². The Hall–Kier alpha value is -0.590. The molecule has 0 aromatic rings. The molecule has 3 nitrogen and oxygen atoms in total. The minimum absolute atomic E-state index is 0.0532. The lowest BCUT2D eigenvalue weighted by molar-refractivity contribution is -0.0261. The predicted octanol–water partition coefficient (Wildman–Crippen LogP) is 1.09. The van der Waals surface area contributed by atoms with Gasteiger partial charge in [-0.15, -0.1) is 0 Å². The molecule has 0 bridgehead atoms. The summed E-state index contributed by atoms with van der Waals surface area (Å²) in [5, 5.41) is 8.81. The average molecular weight is 167 g/mol. The van der Waals surface area contributed by atoms with Crippen molar-refractivity contribution in [1.82, 2.24) is 0 Å². The summed E-state index contributed by atoms with van der Waals surface area (Å²) in [6.45, 7) is 1.56. The van der Waals surface area contributed by atoms with Crippen LogP contribution in [0.5, 0.6) is 0 Å². The summed E-state index contributed by atoms with van der Waals surface area (Å²) in [6.07, 6.45) is 3.29. The molecule has 0 aromatic heterocycles. The first kappa shape index (κ1) is 8.03. The van der Waals surface area contributed by atoms with Crippen molar-refractivity contribution in [2.24, 2.45) is 5.92 Å². The minimum Gasteiger partial charge on any atom is -0.375 e. The Morgan fingerprint density at radius 1 is 1.17 bits per heavy atom. The first-order chi connectivity index (χ1) is 5.92. The van der Waals surface area contributed by atoms with Crippen LogP contribution in [0.25, 0.3) is 0 Å². The second-order valence-electron chi connectivity index (χ2n) is 3.41. The van der Waals surface area contributed by atoms with Crippen LogP contribution in [-0.4, -0.2) is 25.4 Å². The fourth-order valence-corrected chi connectivity index (χ4v) is 1.98. The molecule has 2 aliphatic heterocycles. The quantitative estimate of drug-likeness (QED) is 0.587. The van der Waals surface area contributed by atoms with Crippen molar-refractivity contribution in [3.05, 3.63) is 0 Å². The number of hydrogen-bond acceptors (Lipinski definition) is 3. The van der Waals surface area contributed by atoms with E-state index in [2.05, 4.69) is 6.07 Å². The number of nitrogens with zero attached hydrogens (tertiary/aromatic N) is 1. The molecule has 2 rings (SSSR count). The van der Waals surface area contributed by atoms with Crippen LogP contribution in [0.3, 0.4) is 0 Å². The van der Waals surface area contributed by atoms with Crippen molar-refractivity contribution in [2.75, 3.05) is 13.2 Å². The monoisotopic (exact) mass is 167 g/mol. The Kier molecular flexibility index (Phi) is 2.29. The summed E-state index contributed by atoms with van der Waals surface area (Å²) in [4.78, 5) is 0. The molecule has 0 saturated carbocycles. The maximum Gasteiger partial charge on any atom is 0.0995 e. The van der Waals surface area contributed by atoms with Gasteiger partial charge in [0.2, 0.25) is 0 Å². The zero-order valence-corrected chi connectivity index (χ0v) is 7.03. The van der Waals surface area contributed by atoms with E-state index in [1.54, 1.807) is 0 Å². The smallest absolute Gasteiger partial charge is 0.0995 e. The predicted molar refractivity (Wildman–Crippen MR) is 42.4 cm³/mol. The van der Waals surface area contributed by atoms with E-state index in [0.29, 0.717) is 0 Å². The number of hydrogen-bond donors (Lipinski definition) is 0. The lowest BCUT2D eigenvalue weighted by atomic mass is 9.97. The summed E-state index contributed by atoms with van der Waals surface area (Å²) in [7, 11) is 0. The van der Waals surface area contributed by atoms with E-state index in [9.17, 15) is 0 Å². The van der Waals surface area contributed by atoms with Gasteiger partial charge in [-0.1, -0.05) is 0 Å². The highest BCUT2D eigenvalue weighted by atomic mass is 16.5. The van der Waals surface area contributed by atoms with Gasteiger partial charge in [-0.25, -0.2) is 0 Å². The van der Waals surface area contributed by atoms with E-state index in [1.165, 1.54) is 0 Å². The van der Waals surface area contributed by atoms with E-state index in [1.807, 2.05) is 0 Å². The van der Waals surface area contributed by atoms with Crippen LogP contribution in [0.1, 0.15) is 19.3 Å². The van der Waals surface area contributed by atoms with Gasteiger partial charge in [-0.3, -0.25) is 0 Å². The van der Waals surface area contributed by atoms with Crippen LogP contribution >= 0.6 is 0 Å². The van der Waals surface area contributed by atoms with Gasteiger partial charge in [0.25, 0.3) is 0 Å². The van der Waals surface area contributed by atoms with Crippen molar-refractivity contribution in [3.8, 4) is 6.07 Å². The highest BCUT2D eigenvalue weighted by Gasteiger charge is 2.37. The Bertz CT molecular complexity index is 193. The van der Waals surface area contributed by atoms with E-state index < -0.39 is 0 Å². The van der Waals surface area contributed by atoms with Crippen LogP contribution in [0, 0.1) is 17.2 Å². The standard InChI is InChI=1S/C9H13NO2/c10-6-7-3-5-12-9(7)8-2-1-4-11-8/h7-9H,1-5H2. The zero-order chi connectivity index (χ0) is 8.39. The third kappa shape index (κ3) is 1.33. The Labute approximate surface area is 72.3 Å². The minimum atomic E-state index is 0.0532. The lowest BCUT2D eigenvalue weighted by Crippen LogP contribution is -2.29. The van der Waals surface area contributed by atoms with Crippen molar-refractivity contribution < 1.29 is 9.47 Å². The van der Waals surface area contributed by atoms with Crippen LogP contribution in [0.15, 0.2) is 0 Å². The molecule has 0 amide bonds. The van der Waals surface area contributed by atoms with Gasteiger partial charge >= 0.3 is 0 Å². The van der Waals surface area contributed by atoms with E-state index in [-0.39, 0.29) is 18.1 Å². The van der Waals surface area contributed by atoms with Gasteiger partial charge in [0.1, 0.15) is 0 Å². The van der Waals surface area contributed by atoms with Crippen LogP contribution in [0.4, 0.5) is 0 Å². The third-order valence-corrected chi connectivity index (χ3v) is 2.63. The fraction of sp³-hybridized carbons (Fsp3) is 0.889. The average Bonchev–Trinajstić information content (AvgIpc) is 2.74. The van der Waals surface area contributed by atoms with Gasteiger partial charge in [0, 0.05) is 13.2 Å². The van der Waals surface area contributed by atoms with Crippen LogP contribution < -0.4 is 0 Å². The Morgan fingerprint density at radius 3 is 2.75 bits per heavy atom. The molecule has 3 atom stereocenters. The summed E-state index contributed by atoms with van der Waals surface area (Å²) in [5.41, 5.74) is 0. The first-order valence-corrected chi connectivity index (χ1v) is 4.54. The molecule has 0 aromatic carbocycles. The number of rotatable bonds is 1. The molecule has 0 aliphatic carbocycles. The highest BCUT2D eigenvalue weighted by Crippen LogP contribution is 2.29. The maximum absolute atomic E-state index is 8.81. The summed E-state index contributed by atoms with van der Waals surface area (Å²) < 4.78 is 11.0. The third-order valence-electron chi connectivity index (χ3n) is 2.63. The number of ether oxygens (including phenoxy) is 2. The van der Waals surface area contributed by atoms with Gasteiger partial charge in [-0.2, -0.15) is 5.26 Å².